The van der Waals surface area contributed by atoms with Gasteiger partial charge in [0.25, 0.3) is 0 Å². The van der Waals surface area contributed by atoms with E-state index in [0.29, 0.717) is 18.3 Å². The predicted octanol–water partition coefficient (Wildman–Crippen LogP) is 6.37. The van der Waals surface area contributed by atoms with Gasteiger partial charge in [-0.1, -0.05) is 39.5 Å². The van der Waals surface area contributed by atoms with Gasteiger partial charge in [0.2, 0.25) is 0 Å². The lowest BCUT2D eigenvalue weighted by Gasteiger charge is -2.23. The second-order valence-electron chi connectivity index (χ2n) is 8.12. The van der Waals surface area contributed by atoms with Crippen LogP contribution in [0.25, 0.3) is 0 Å². The van der Waals surface area contributed by atoms with Crippen molar-refractivity contribution in [2.75, 3.05) is 0 Å². The van der Waals surface area contributed by atoms with Gasteiger partial charge >= 0.3 is 0 Å². The molecule has 0 aromatic heterocycles. The molecule has 0 heterocycles. The van der Waals surface area contributed by atoms with Crippen LogP contribution in [-0.4, -0.2) is 0 Å². The van der Waals surface area contributed by atoms with Crippen LogP contribution in [0.15, 0.2) is 0 Å². The van der Waals surface area contributed by atoms with Gasteiger partial charge in [-0.25, -0.2) is 0 Å². The van der Waals surface area contributed by atoms with Crippen molar-refractivity contribution in [1.29, 1.82) is 21.0 Å². The molecule has 0 bridgehead atoms. The zero-order valence-corrected chi connectivity index (χ0v) is 17.6. The second-order valence-corrected chi connectivity index (χ2v) is 8.12. The second kappa shape index (κ2) is 15.1. The van der Waals surface area contributed by atoms with Crippen LogP contribution in [0.3, 0.4) is 0 Å². The van der Waals surface area contributed by atoms with Gasteiger partial charge in [-0.15, -0.1) is 0 Å². The molecular weight excluding hydrogens is 332 g/mol. The maximum atomic E-state index is 9.44. The summed E-state index contributed by atoms with van der Waals surface area (Å²) >= 11 is 0. The van der Waals surface area contributed by atoms with Crippen molar-refractivity contribution in [3.8, 4) is 24.3 Å². The Bertz CT molecular complexity index is 557. The van der Waals surface area contributed by atoms with Crippen molar-refractivity contribution >= 4 is 0 Å². The van der Waals surface area contributed by atoms with E-state index in [0.717, 1.165) is 51.4 Å². The Morgan fingerprint density at radius 3 is 1.44 bits per heavy atom. The molecule has 0 saturated heterocycles. The molecular formula is C23H36N4. The molecule has 27 heavy (non-hydrogen) atoms. The number of hydrogen-bond donors (Lipinski definition) is 0. The van der Waals surface area contributed by atoms with E-state index in [-0.39, 0.29) is 23.7 Å². The van der Waals surface area contributed by atoms with Gasteiger partial charge in [-0.3, -0.25) is 0 Å². The van der Waals surface area contributed by atoms with E-state index in [4.69, 9.17) is 10.5 Å². The molecule has 0 fully saturated rings. The maximum Gasteiger partial charge on any atom is 0.0656 e. The van der Waals surface area contributed by atoms with Gasteiger partial charge < -0.3 is 0 Å². The maximum absolute atomic E-state index is 9.44. The molecule has 0 rings (SSSR count). The van der Waals surface area contributed by atoms with Crippen LogP contribution < -0.4 is 0 Å². The Labute approximate surface area is 166 Å². The van der Waals surface area contributed by atoms with Crippen molar-refractivity contribution in [2.45, 2.75) is 85.5 Å². The van der Waals surface area contributed by atoms with E-state index in [1.165, 1.54) is 0 Å². The first-order valence-electron chi connectivity index (χ1n) is 10.5. The average molecular weight is 369 g/mol. The van der Waals surface area contributed by atoms with E-state index in [9.17, 15) is 10.5 Å². The summed E-state index contributed by atoms with van der Waals surface area (Å²) in [5, 5.41) is 36.7. The van der Waals surface area contributed by atoms with Crippen molar-refractivity contribution in [3.63, 3.8) is 0 Å². The zero-order valence-electron chi connectivity index (χ0n) is 17.6. The van der Waals surface area contributed by atoms with Crippen molar-refractivity contribution in [3.05, 3.63) is 0 Å². The Hall–Kier alpha value is -2.04. The molecule has 0 N–H and O–H groups in total. The summed E-state index contributed by atoms with van der Waals surface area (Å²) in [6.07, 6.45) is 8.34. The monoisotopic (exact) mass is 368 g/mol. The third-order valence-electron chi connectivity index (χ3n) is 5.77. The lowest BCUT2D eigenvalue weighted by atomic mass is 9.81. The van der Waals surface area contributed by atoms with Gasteiger partial charge in [-0.05, 0) is 57.8 Å². The highest BCUT2D eigenvalue weighted by molar-refractivity contribution is 4.91. The number of nitrogens with zero attached hydrogens (tertiary/aromatic N) is 4. The van der Waals surface area contributed by atoms with Gasteiger partial charge in [0.15, 0.2) is 0 Å². The quantitative estimate of drug-likeness (QED) is 0.356. The number of hydrogen-bond acceptors (Lipinski definition) is 4. The smallest absolute Gasteiger partial charge is 0.0656 e. The fraction of sp³-hybridized carbons (Fsp3) is 0.826. The lowest BCUT2D eigenvalue weighted by molar-refractivity contribution is 0.298. The van der Waals surface area contributed by atoms with E-state index in [1.54, 1.807) is 0 Å². The zero-order chi connectivity index (χ0) is 20.7. The van der Waals surface area contributed by atoms with Crippen LogP contribution in [0.4, 0.5) is 0 Å². The van der Waals surface area contributed by atoms with Gasteiger partial charge in [0.05, 0.1) is 24.3 Å². The number of rotatable bonds is 14. The number of nitriles is 4. The Balaban J connectivity index is 4.55. The first-order chi connectivity index (χ1) is 12.9. The van der Waals surface area contributed by atoms with Crippen LogP contribution in [0.5, 0.6) is 0 Å². The molecule has 4 nitrogen and oxygen atoms in total. The van der Waals surface area contributed by atoms with Gasteiger partial charge in [0.1, 0.15) is 0 Å². The van der Waals surface area contributed by atoms with Crippen LogP contribution in [0.2, 0.25) is 0 Å². The van der Waals surface area contributed by atoms with E-state index in [2.05, 4.69) is 38.1 Å². The highest BCUT2D eigenvalue weighted by atomic mass is 14.3. The molecule has 0 aliphatic carbocycles. The molecule has 0 aromatic rings. The molecule has 6 unspecified atom stereocenters. The first kappa shape index (κ1) is 25.0. The third-order valence-corrected chi connectivity index (χ3v) is 5.77. The van der Waals surface area contributed by atoms with Crippen LogP contribution in [0, 0.1) is 80.8 Å². The standard InChI is InChI=1S/C23H36N4/c1-5-20(12-22(16-26)8-7-18(3)14-24)9-10-21(6-2)13-23(17-27)11-19(4)15-25/h18-23H,5-13H2,1-4H3. The fourth-order valence-electron chi connectivity index (χ4n) is 3.69. The summed E-state index contributed by atoms with van der Waals surface area (Å²) in [5.74, 6) is 0.985. The van der Waals surface area contributed by atoms with Crippen molar-refractivity contribution in [2.24, 2.45) is 35.5 Å². The molecule has 4 heteroatoms. The molecule has 6 atom stereocenters. The van der Waals surface area contributed by atoms with Crippen molar-refractivity contribution < 1.29 is 0 Å². The minimum absolute atomic E-state index is 0.0177. The minimum atomic E-state index is -0.0669. The molecule has 0 aliphatic heterocycles. The van der Waals surface area contributed by atoms with Gasteiger partial charge in [-0.2, -0.15) is 21.0 Å². The fourth-order valence-corrected chi connectivity index (χ4v) is 3.69. The largest absolute Gasteiger partial charge is 0.198 e. The van der Waals surface area contributed by atoms with E-state index < -0.39 is 0 Å². The van der Waals surface area contributed by atoms with Crippen molar-refractivity contribution in [1.82, 2.24) is 0 Å². The topological polar surface area (TPSA) is 95.2 Å². The van der Waals surface area contributed by atoms with Crippen LogP contribution in [0.1, 0.15) is 85.5 Å². The van der Waals surface area contributed by atoms with Crippen LogP contribution in [-0.2, 0) is 0 Å². The van der Waals surface area contributed by atoms with E-state index >= 15 is 0 Å². The molecule has 0 radical (unpaired) electrons. The minimum Gasteiger partial charge on any atom is -0.198 e. The Morgan fingerprint density at radius 1 is 0.556 bits per heavy atom. The van der Waals surface area contributed by atoms with Crippen LogP contribution >= 0.6 is 0 Å². The molecule has 0 spiro atoms. The predicted molar refractivity (Wildman–Crippen MR) is 108 cm³/mol. The summed E-state index contributed by atoms with van der Waals surface area (Å²) in [5.41, 5.74) is 0. The normalized spacial score (nSPS) is 17.2. The Kier molecular flexibility index (Phi) is 13.9. The van der Waals surface area contributed by atoms with E-state index in [1.807, 2.05) is 13.8 Å². The van der Waals surface area contributed by atoms with Gasteiger partial charge in [0, 0.05) is 23.7 Å². The third kappa shape index (κ3) is 11.3. The Morgan fingerprint density at radius 2 is 1.04 bits per heavy atom. The molecule has 0 aliphatic rings. The highest BCUT2D eigenvalue weighted by Crippen LogP contribution is 2.30. The molecule has 0 aromatic carbocycles. The SMILES string of the molecule is CCC(CCC(CC)CC(C#N)CC(C)C#N)CC(C#N)CCC(C)C#N. The summed E-state index contributed by atoms with van der Waals surface area (Å²) in [4.78, 5) is 0. The summed E-state index contributed by atoms with van der Waals surface area (Å²) in [7, 11) is 0. The summed E-state index contributed by atoms with van der Waals surface area (Å²) in [6, 6.07) is 9.30. The molecule has 0 saturated carbocycles. The highest BCUT2D eigenvalue weighted by Gasteiger charge is 2.21. The summed E-state index contributed by atoms with van der Waals surface area (Å²) in [6.45, 7) is 8.16. The molecule has 148 valence electrons. The first-order valence-corrected chi connectivity index (χ1v) is 10.5. The summed E-state index contributed by atoms with van der Waals surface area (Å²) < 4.78 is 0. The lowest BCUT2D eigenvalue weighted by Crippen LogP contribution is -2.13. The average Bonchev–Trinajstić information content (AvgIpc) is 2.70. The molecule has 0 amide bonds.